The molecule has 0 saturated heterocycles. The molecular weight excluding hydrogens is 268 g/mol. The highest BCUT2D eigenvalue weighted by Crippen LogP contribution is 2.10. The van der Waals surface area contributed by atoms with Gasteiger partial charge in [0.2, 0.25) is 5.91 Å². The van der Waals surface area contributed by atoms with E-state index < -0.39 is 6.04 Å². The summed E-state index contributed by atoms with van der Waals surface area (Å²) in [6.45, 7) is 1.37. The molecule has 1 aromatic heterocycles. The Morgan fingerprint density at radius 2 is 2.19 bits per heavy atom. The molecule has 0 aliphatic carbocycles. The largest absolute Gasteiger partial charge is 0.383 e. The highest BCUT2D eigenvalue weighted by molar-refractivity contribution is 5.81. The molecule has 1 heterocycles. The normalized spacial score (nSPS) is 12.1. The van der Waals surface area contributed by atoms with Crippen LogP contribution < -0.4 is 11.1 Å². The maximum absolute atomic E-state index is 11.8. The van der Waals surface area contributed by atoms with E-state index in [1.165, 1.54) is 7.11 Å². The van der Waals surface area contributed by atoms with E-state index in [2.05, 4.69) is 10.3 Å². The number of nitrogens with one attached hydrogen (secondary N) is 1. The summed E-state index contributed by atoms with van der Waals surface area (Å²) in [5, 5.41) is 2.83. The Bertz CT molecular complexity index is 569. The number of amides is 1. The standard InChI is InChI=1S/C15H20N4O2/c1-21-10-14(16)15(20)18-8-12-4-2-3-5-13(12)9-19-7-6-17-11-19/h2-7,11,14H,8-10,16H2,1H3,(H,18,20). The molecule has 0 bridgehead atoms. The van der Waals surface area contributed by atoms with Gasteiger partial charge in [0, 0.05) is 32.6 Å². The van der Waals surface area contributed by atoms with Crippen molar-refractivity contribution >= 4 is 5.91 Å². The van der Waals surface area contributed by atoms with E-state index in [0.29, 0.717) is 6.54 Å². The van der Waals surface area contributed by atoms with Crippen LogP contribution in [0.1, 0.15) is 11.1 Å². The SMILES string of the molecule is COCC(N)C(=O)NCc1ccccc1Cn1ccnc1. The van der Waals surface area contributed by atoms with Crippen molar-refractivity contribution in [3.63, 3.8) is 0 Å². The van der Waals surface area contributed by atoms with Crippen molar-refractivity contribution in [2.24, 2.45) is 5.73 Å². The average Bonchev–Trinajstić information content (AvgIpc) is 2.99. The maximum atomic E-state index is 11.8. The van der Waals surface area contributed by atoms with Gasteiger partial charge in [0.1, 0.15) is 6.04 Å². The molecule has 0 aliphatic rings. The van der Waals surface area contributed by atoms with E-state index in [9.17, 15) is 4.79 Å². The Kier molecular flexibility index (Phi) is 5.48. The number of nitrogens with two attached hydrogens (primary N) is 1. The maximum Gasteiger partial charge on any atom is 0.239 e. The quantitative estimate of drug-likeness (QED) is 0.778. The Hall–Kier alpha value is -2.18. The number of benzene rings is 1. The van der Waals surface area contributed by atoms with Crippen molar-refractivity contribution in [1.29, 1.82) is 0 Å². The van der Waals surface area contributed by atoms with Crippen LogP contribution >= 0.6 is 0 Å². The molecule has 0 radical (unpaired) electrons. The van der Waals surface area contributed by atoms with Gasteiger partial charge in [-0.2, -0.15) is 0 Å². The number of rotatable bonds is 7. The second-order valence-electron chi connectivity index (χ2n) is 4.78. The summed E-state index contributed by atoms with van der Waals surface area (Å²) < 4.78 is 6.86. The minimum atomic E-state index is -0.643. The zero-order chi connectivity index (χ0) is 15.1. The number of hydrogen-bond acceptors (Lipinski definition) is 4. The highest BCUT2D eigenvalue weighted by atomic mass is 16.5. The van der Waals surface area contributed by atoms with Gasteiger partial charge >= 0.3 is 0 Å². The van der Waals surface area contributed by atoms with Crippen LogP contribution in [-0.4, -0.2) is 35.2 Å². The van der Waals surface area contributed by atoms with Gasteiger partial charge in [0.25, 0.3) is 0 Å². The number of aromatic nitrogens is 2. The smallest absolute Gasteiger partial charge is 0.239 e. The fourth-order valence-corrected chi connectivity index (χ4v) is 2.03. The molecule has 1 atom stereocenters. The molecule has 1 aromatic carbocycles. The van der Waals surface area contributed by atoms with Crippen LogP contribution in [0.15, 0.2) is 43.0 Å². The number of carbonyl (C=O) groups excluding carboxylic acids is 1. The first-order valence-corrected chi connectivity index (χ1v) is 6.75. The van der Waals surface area contributed by atoms with E-state index >= 15 is 0 Å². The van der Waals surface area contributed by atoms with E-state index in [0.717, 1.165) is 17.7 Å². The second kappa shape index (κ2) is 7.56. The molecule has 2 aromatic rings. The number of ether oxygens (including phenoxy) is 1. The fraction of sp³-hybridized carbons (Fsp3) is 0.333. The lowest BCUT2D eigenvalue weighted by atomic mass is 10.1. The zero-order valence-corrected chi connectivity index (χ0v) is 12.0. The van der Waals surface area contributed by atoms with Crippen LogP contribution in [0.2, 0.25) is 0 Å². The van der Waals surface area contributed by atoms with Gasteiger partial charge in [-0.05, 0) is 11.1 Å². The molecule has 6 heteroatoms. The van der Waals surface area contributed by atoms with Gasteiger partial charge in [-0.15, -0.1) is 0 Å². The van der Waals surface area contributed by atoms with Crippen molar-refractivity contribution in [3.05, 3.63) is 54.1 Å². The molecule has 21 heavy (non-hydrogen) atoms. The van der Waals surface area contributed by atoms with Crippen molar-refractivity contribution in [1.82, 2.24) is 14.9 Å². The number of hydrogen-bond donors (Lipinski definition) is 2. The number of carbonyl (C=O) groups is 1. The van der Waals surface area contributed by atoms with Gasteiger partial charge in [0.15, 0.2) is 0 Å². The van der Waals surface area contributed by atoms with Gasteiger partial charge in [-0.25, -0.2) is 4.98 Å². The summed E-state index contributed by atoms with van der Waals surface area (Å²) in [5.74, 6) is -0.214. The molecule has 1 unspecified atom stereocenters. The molecule has 3 N–H and O–H groups in total. The number of imidazole rings is 1. The second-order valence-corrected chi connectivity index (χ2v) is 4.78. The molecule has 112 valence electrons. The third-order valence-corrected chi connectivity index (χ3v) is 3.17. The van der Waals surface area contributed by atoms with Crippen LogP contribution in [0.25, 0.3) is 0 Å². The van der Waals surface area contributed by atoms with Gasteiger partial charge in [-0.3, -0.25) is 4.79 Å². The van der Waals surface area contributed by atoms with E-state index in [4.69, 9.17) is 10.5 Å². The van der Waals surface area contributed by atoms with Crippen LogP contribution in [0.5, 0.6) is 0 Å². The first kappa shape index (κ1) is 15.2. The van der Waals surface area contributed by atoms with E-state index in [-0.39, 0.29) is 12.5 Å². The lowest BCUT2D eigenvalue weighted by Gasteiger charge is -2.14. The molecule has 2 rings (SSSR count). The zero-order valence-electron chi connectivity index (χ0n) is 12.0. The van der Waals surface area contributed by atoms with Gasteiger partial charge in [0.05, 0.1) is 12.9 Å². The minimum absolute atomic E-state index is 0.211. The fourth-order valence-electron chi connectivity index (χ4n) is 2.03. The van der Waals surface area contributed by atoms with Crippen molar-refractivity contribution in [2.75, 3.05) is 13.7 Å². The lowest BCUT2D eigenvalue weighted by Crippen LogP contribution is -2.43. The third-order valence-electron chi connectivity index (χ3n) is 3.17. The molecule has 0 aliphatic heterocycles. The molecule has 6 nitrogen and oxygen atoms in total. The van der Waals surface area contributed by atoms with Crippen LogP contribution in [0.4, 0.5) is 0 Å². The Labute approximate surface area is 123 Å². The number of nitrogens with zero attached hydrogens (tertiary/aromatic N) is 2. The molecule has 0 saturated carbocycles. The minimum Gasteiger partial charge on any atom is -0.383 e. The summed E-state index contributed by atoms with van der Waals surface area (Å²) in [5.41, 5.74) is 7.88. The summed E-state index contributed by atoms with van der Waals surface area (Å²) in [7, 11) is 1.52. The monoisotopic (exact) mass is 288 g/mol. The first-order valence-electron chi connectivity index (χ1n) is 6.75. The van der Waals surface area contributed by atoms with Crippen LogP contribution in [-0.2, 0) is 22.6 Å². The summed E-state index contributed by atoms with van der Waals surface area (Å²) in [4.78, 5) is 15.8. The van der Waals surface area contributed by atoms with Gasteiger partial charge < -0.3 is 20.4 Å². The van der Waals surface area contributed by atoms with Gasteiger partial charge in [-0.1, -0.05) is 24.3 Å². The summed E-state index contributed by atoms with van der Waals surface area (Å²) >= 11 is 0. The molecular formula is C15H20N4O2. The Morgan fingerprint density at radius 3 is 2.86 bits per heavy atom. The third kappa shape index (κ3) is 4.40. The van der Waals surface area contributed by atoms with E-state index in [1.54, 1.807) is 12.5 Å². The molecule has 0 spiro atoms. The molecule has 0 fully saturated rings. The number of methoxy groups -OCH3 is 1. The lowest BCUT2D eigenvalue weighted by molar-refractivity contribution is -0.123. The van der Waals surface area contributed by atoms with Crippen LogP contribution in [0.3, 0.4) is 0 Å². The summed E-state index contributed by atoms with van der Waals surface area (Å²) in [6.07, 6.45) is 5.42. The predicted octanol–water partition coefficient (Wildman–Crippen LogP) is 0.521. The summed E-state index contributed by atoms with van der Waals surface area (Å²) in [6, 6.07) is 7.32. The highest BCUT2D eigenvalue weighted by Gasteiger charge is 2.13. The average molecular weight is 288 g/mol. The van der Waals surface area contributed by atoms with Crippen molar-refractivity contribution in [3.8, 4) is 0 Å². The van der Waals surface area contributed by atoms with Crippen LogP contribution in [0, 0.1) is 0 Å². The topological polar surface area (TPSA) is 82.2 Å². The van der Waals surface area contributed by atoms with Crippen molar-refractivity contribution in [2.45, 2.75) is 19.1 Å². The molecule has 1 amide bonds. The first-order chi connectivity index (χ1) is 10.2. The Balaban J connectivity index is 1.98. The van der Waals surface area contributed by atoms with Crippen molar-refractivity contribution < 1.29 is 9.53 Å². The van der Waals surface area contributed by atoms with E-state index in [1.807, 2.05) is 35.0 Å². The Morgan fingerprint density at radius 1 is 1.43 bits per heavy atom. The predicted molar refractivity (Wildman–Crippen MR) is 79.5 cm³/mol.